The van der Waals surface area contributed by atoms with Crippen LogP contribution in [-0.2, 0) is 23.9 Å². The molecule has 232 valence electrons. The molecule has 0 bridgehead atoms. The van der Waals surface area contributed by atoms with E-state index in [4.69, 9.17) is 9.84 Å². The van der Waals surface area contributed by atoms with Crippen molar-refractivity contribution in [3.63, 3.8) is 0 Å². The second kappa shape index (κ2) is 12.0. The number of carbonyl (C=O) groups is 4. The number of fused-ring (bicyclic) bond motifs is 7. The number of carboxylic acid groups (broad SMARTS) is 2. The Kier molecular flexibility index (Phi) is 10.3. The third-order valence-corrected chi connectivity index (χ3v) is 13.8. The van der Waals surface area contributed by atoms with Crippen LogP contribution in [-0.4, -0.2) is 92.4 Å². The quantitative estimate of drug-likeness (QED) is 0.254. The largest absolute Gasteiger partial charge is 3.00 e. The molecule has 5 aliphatic rings. The molecule has 0 spiro atoms. The van der Waals surface area contributed by atoms with Gasteiger partial charge in [0, 0.05) is 11.3 Å². The van der Waals surface area contributed by atoms with Gasteiger partial charge in [-0.25, -0.2) is 0 Å². The molecule has 0 aromatic heterocycles. The number of carboxylic acids is 2. The zero-order valence-electron chi connectivity index (χ0n) is 27.0. The van der Waals surface area contributed by atoms with Gasteiger partial charge in [0.15, 0.2) is 5.78 Å². The first-order valence-corrected chi connectivity index (χ1v) is 15.7. The topological polar surface area (TPSA) is 118 Å². The smallest absolute Gasteiger partial charge is 0.481 e. The third-order valence-electron chi connectivity index (χ3n) is 13.8. The average molecular weight is 989 g/mol. The van der Waals surface area contributed by atoms with Gasteiger partial charge in [-0.2, -0.15) is 0 Å². The van der Waals surface area contributed by atoms with Crippen LogP contribution in [0, 0.1) is 50.2 Å². The molecule has 0 heterocycles. The van der Waals surface area contributed by atoms with E-state index in [0.717, 1.165) is 38.5 Å². The summed E-state index contributed by atoms with van der Waals surface area (Å²) in [5.41, 5.74) is -0.553. The van der Waals surface area contributed by atoms with E-state index in [1.54, 1.807) is 0 Å². The second-order valence-corrected chi connectivity index (χ2v) is 16.3. The fourth-order valence-electron chi connectivity index (χ4n) is 11.0. The minimum atomic E-state index is -1.01. The predicted octanol–water partition coefficient (Wildman–Crippen LogP) is 6.07. The van der Waals surface area contributed by atoms with E-state index < -0.39 is 23.3 Å². The van der Waals surface area contributed by atoms with Crippen molar-refractivity contribution < 1.29 is 34.1 Å². The molecular weight excluding hydrogens is 938 g/mol. The van der Waals surface area contributed by atoms with E-state index in [1.165, 1.54) is 5.57 Å². The molecule has 0 aliphatic heterocycles. The van der Waals surface area contributed by atoms with Crippen molar-refractivity contribution in [3.8, 4) is 0 Å². The Morgan fingerprint density at radius 3 is 2.09 bits per heavy atom. The van der Waals surface area contributed by atoms with E-state index in [-0.39, 0.29) is 122 Å². The van der Waals surface area contributed by atoms with Crippen molar-refractivity contribution in [1.29, 1.82) is 0 Å². The van der Waals surface area contributed by atoms with Gasteiger partial charge in [-0.3, -0.25) is 19.2 Å². The van der Waals surface area contributed by atoms with E-state index in [1.807, 2.05) is 13.0 Å². The SMILES string of the molecule is CC1(C)C2CCC3(C)[C@H](C(=O)C=C4C5C[C@@](C)(C(=O)O)CC[C@]5(C)CC[C@]43C)[C@@]2(C)CC[C@@H]1OC(=O)CCC(=O)O.[Bi+3].[Bi+3]. The first-order chi connectivity index (χ1) is 18.8. The number of esters is 1. The summed E-state index contributed by atoms with van der Waals surface area (Å²) in [6.45, 7) is 15.5. The molecule has 0 aromatic rings. The fourth-order valence-corrected chi connectivity index (χ4v) is 11.0. The Morgan fingerprint density at radius 2 is 1.49 bits per heavy atom. The van der Waals surface area contributed by atoms with E-state index in [0.29, 0.717) is 19.3 Å². The monoisotopic (exact) mass is 988 g/mol. The zero-order valence-corrected chi connectivity index (χ0v) is 33.9. The molecule has 9 atom stereocenters. The molecule has 4 radical (unpaired) electrons. The fraction of sp³-hybridized carbons (Fsp3) is 0.824. The van der Waals surface area contributed by atoms with Crippen molar-refractivity contribution in [2.45, 2.75) is 125 Å². The summed E-state index contributed by atoms with van der Waals surface area (Å²) in [6.07, 6.45) is 8.80. The van der Waals surface area contributed by atoms with Crippen LogP contribution in [0.15, 0.2) is 11.6 Å². The molecule has 7 nitrogen and oxygen atoms in total. The van der Waals surface area contributed by atoms with Crippen LogP contribution >= 0.6 is 0 Å². The van der Waals surface area contributed by atoms with E-state index in [9.17, 15) is 24.3 Å². The Bertz CT molecular complexity index is 1210. The van der Waals surface area contributed by atoms with Crippen LogP contribution < -0.4 is 0 Å². The van der Waals surface area contributed by atoms with Crippen LogP contribution in [0.2, 0.25) is 0 Å². The summed E-state index contributed by atoms with van der Waals surface area (Å²) < 4.78 is 5.91. The van der Waals surface area contributed by atoms with Crippen molar-refractivity contribution in [3.05, 3.63) is 11.6 Å². The van der Waals surface area contributed by atoms with Gasteiger partial charge in [-0.15, -0.1) is 0 Å². The Labute approximate surface area is 295 Å². The summed E-state index contributed by atoms with van der Waals surface area (Å²) >= 11 is 0. The molecule has 5 rings (SSSR count). The molecule has 0 saturated heterocycles. The maximum absolute atomic E-state index is 14.5. The number of ketones is 1. The first kappa shape index (κ1) is 37.0. The van der Waals surface area contributed by atoms with Gasteiger partial charge in [0.1, 0.15) is 6.10 Å². The minimum absolute atomic E-state index is 0. The van der Waals surface area contributed by atoms with Crippen LogP contribution in [0.25, 0.3) is 0 Å². The molecule has 5 aliphatic carbocycles. The molecule has 43 heavy (non-hydrogen) atoms. The number of aliphatic carboxylic acids is 2. The number of hydrogen-bond acceptors (Lipinski definition) is 5. The number of ether oxygens (including phenoxy) is 1. The van der Waals surface area contributed by atoms with Gasteiger partial charge in [0.25, 0.3) is 0 Å². The standard InChI is InChI=1S/C34H50O7.2Bi/c1-29(2)23-10-13-34(7)27(32(23,5)12-11-24(29)41-26(38)9-8-25(36)37)22(35)18-20-21-19-31(4,28(39)40)15-14-30(21,3)16-17-33(20,34)6;;/h18,21,23-24,27H,8-17,19H2,1-7H3,(H,36,37)(H,39,40);;/q;2*+3/t21?,23?,24-,27+,30+,31-,32-,33+,34?;;/m0../s1. The number of hydrogen-bond donors (Lipinski definition) is 2. The van der Waals surface area contributed by atoms with Crippen molar-refractivity contribution >= 4 is 76.1 Å². The van der Waals surface area contributed by atoms with Crippen LogP contribution in [0.3, 0.4) is 0 Å². The molecule has 9 heteroatoms. The minimum Gasteiger partial charge on any atom is -0.481 e. The van der Waals surface area contributed by atoms with Gasteiger partial charge in [-0.1, -0.05) is 47.1 Å². The number of allylic oxidation sites excluding steroid dienone is 2. The van der Waals surface area contributed by atoms with E-state index in [2.05, 4.69) is 41.5 Å². The van der Waals surface area contributed by atoms with Gasteiger partial charge >= 0.3 is 70.3 Å². The average Bonchev–Trinajstić information content (AvgIpc) is 2.86. The number of rotatable bonds is 5. The zero-order chi connectivity index (χ0) is 30.4. The molecule has 0 aromatic carbocycles. The number of carbonyl (C=O) groups excluding carboxylic acids is 2. The van der Waals surface area contributed by atoms with Gasteiger partial charge in [0.2, 0.25) is 0 Å². The molecule has 0 amide bonds. The Hall–Kier alpha value is -0.414. The summed E-state index contributed by atoms with van der Waals surface area (Å²) in [4.78, 5) is 50.3. The third kappa shape index (κ3) is 5.53. The van der Waals surface area contributed by atoms with Crippen LogP contribution in [0.4, 0.5) is 0 Å². The van der Waals surface area contributed by atoms with Crippen LogP contribution in [0.5, 0.6) is 0 Å². The van der Waals surface area contributed by atoms with E-state index >= 15 is 0 Å². The first-order valence-electron chi connectivity index (χ1n) is 15.7. The van der Waals surface area contributed by atoms with Crippen molar-refractivity contribution in [2.75, 3.05) is 0 Å². The van der Waals surface area contributed by atoms with Gasteiger partial charge in [-0.05, 0) is 104 Å². The summed E-state index contributed by atoms with van der Waals surface area (Å²) in [7, 11) is 0. The summed E-state index contributed by atoms with van der Waals surface area (Å²) in [5, 5.41) is 19.1. The maximum atomic E-state index is 14.5. The Balaban J connectivity index is 0.00000253. The van der Waals surface area contributed by atoms with Gasteiger partial charge < -0.3 is 14.9 Å². The van der Waals surface area contributed by atoms with Crippen LogP contribution in [0.1, 0.15) is 119 Å². The molecule has 4 fully saturated rings. The molecule has 4 saturated carbocycles. The summed E-state index contributed by atoms with van der Waals surface area (Å²) in [6, 6.07) is 0. The maximum Gasteiger partial charge on any atom is 3.00 e. The molecule has 3 unspecified atom stereocenters. The molecule has 2 N–H and O–H groups in total. The second-order valence-electron chi connectivity index (χ2n) is 16.3. The van der Waals surface area contributed by atoms with Crippen molar-refractivity contribution in [1.82, 2.24) is 0 Å². The van der Waals surface area contributed by atoms with Crippen molar-refractivity contribution in [2.24, 2.45) is 50.2 Å². The normalized spacial score (nSPS) is 44.4. The Morgan fingerprint density at radius 1 is 0.860 bits per heavy atom. The predicted molar refractivity (Wildman–Crippen MR) is 165 cm³/mol. The van der Waals surface area contributed by atoms with Gasteiger partial charge in [0.05, 0.1) is 18.3 Å². The summed E-state index contributed by atoms with van der Waals surface area (Å²) in [5.74, 6) is -1.87. The molecular formula is C34H50Bi2O7+6.